The second-order valence-electron chi connectivity index (χ2n) is 9.45. The maximum Gasteiger partial charge on any atom is 0.132 e. The van der Waals surface area contributed by atoms with Crippen molar-refractivity contribution in [3.8, 4) is 11.1 Å². The largest absolute Gasteiger partial charge is 0.333 e. The van der Waals surface area contributed by atoms with Crippen molar-refractivity contribution >= 4 is 17.1 Å². The lowest BCUT2D eigenvalue weighted by molar-refractivity contribution is 0.443. The SMILES string of the molecule is CC.CC.CN.Cc1cc(NN)ccc1N=C(c1ccc(-c2ccc(C3CCCCC3)cc2)cc1F)C(C)C. The van der Waals surface area contributed by atoms with Gasteiger partial charge in [0.1, 0.15) is 5.82 Å². The number of benzene rings is 3. The highest BCUT2D eigenvalue weighted by atomic mass is 19.1. The Kier molecular flexibility index (Phi) is 16.0. The number of anilines is 1. The van der Waals surface area contributed by atoms with Crippen molar-refractivity contribution in [2.75, 3.05) is 12.5 Å². The highest BCUT2D eigenvalue weighted by Gasteiger charge is 2.17. The van der Waals surface area contributed by atoms with Crippen LogP contribution in [0.5, 0.6) is 0 Å². The van der Waals surface area contributed by atoms with Gasteiger partial charge in [-0.1, -0.05) is 91.1 Å². The van der Waals surface area contributed by atoms with Crippen molar-refractivity contribution in [1.29, 1.82) is 0 Å². The molecule has 3 aromatic carbocycles. The predicted molar refractivity (Wildman–Crippen MR) is 170 cm³/mol. The fourth-order valence-corrected chi connectivity index (χ4v) is 4.79. The lowest BCUT2D eigenvalue weighted by Crippen LogP contribution is -2.12. The zero-order chi connectivity index (χ0) is 29.4. The fraction of sp³-hybridized carbons (Fsp3) is 0.441. The molecule has 0 radical (unpaired) electrons. The first kappa shape index (κ1) is 34.0. The van der Waals surface area contributed by atoms with Crippen molar-refractivity contribution in [1.82, 2.24) is 0 Å². The molecule has 4 rings (SSSR count). The van der Waals surface area contributed by atoms with E-state index in [-0.39, 0.29) is 11.7 Å². The van der Waals surface area contributed by atoms with Crippen molar-refractivity contribution in [3.05, 3.63) is 83.2 Å². The number of halogens is 1. The van der Waals surface area contributed by atoms with Gasteiger partial charge in [0.2, 0.25) is 0 Å². The van der Waals surface area contributed by atoms with Crippen LogP contribution in [-0.4, -0.2) is 12.8 Å². The van der Waals surface area contributed by atoms with Gasteiger partial charge in [-0.2, -0.15) is 0 Å². The Morgan fingerprint density at radius 3 is 1.95 bits per heavy atom. The van der Waals surface area contributed by atoms with Crippen LogP contribution in [0.25, 0.3) is 11.1 Å². The van der Waals surface area contributed by atoms with Gasteiger partial charge in [-0.3, -0.25) is 10.8 Å². The number of aliphatic imine (C=N–C) groups is 1. The van der Waals surface area contributed by atoms with Crippen molar-refractivity contribution in [2.45, 2.75) is 86.5 Å². The van der Waals surface area contributed by atoms with E-state index in [9.17, 15) is 0 Å². The summed E-state index contributed by atoms with van der Waals surface area (Å²) < 4.78 is 15.3. The predicted octanol–water partition coefficient (Wildman–Crippen LogP) is 9.54. The minimum atomic E-state index is -0.241. The summed E-state index contributed by atoms with van der Waals surface area (Å²) in [5.41, 5.74) is 14.4. The molecule has 0 bridgehead atoms. The van der Waals surface area contributed by atoms with Crippen molar-refractivity contribution in [2.24, 2.45) is 22.5 Å². The first-order chi connectivity index (χ1) is 19.0. The van der Waals surface area contributed by atoms with Crippen LogP contribution >= 0.6 is 0 Å². The van der Waals surface area contributed by atoms with E-state index in [1.54, 1.807) is 6.07 Å². The summed E-state index contributed by atoms with van der Waals surface area (Å²) in [7, 11) is 1.50. The Labute approximate surface area is 237 Å². The number of nitrogens with zero attached hydrogens (tertiary/aromatic N) is 1. The summed E-state index contributed by atoms with van der Waals surface area (Å²) in [4.78, 5) is 4.84. The molecule has 0 aromatic heterocycles. The number of rotatable bonds is 6. The molecule has 0 atom stereocenters. The monoisotopic (exact) mass is 534 g/mol. The number of nitrogens with one attached hydrogen (secondary N) is 1. The molecule has 0 aliphatic heterocycles. The smallest absolute Gasteiger partial charge is 0.132 e. The van der Waals surface area contributed by atoms with Gasteiger partial charge in [-0.05, 0) is 91.2 Å². The van der Waals surface area contributed by atoms with Gasteiger partial charge in [0.25, 0.3) is 0 Å². The molecule has 214 valence electrons. The maximum atomic E-state index is 15.3. The van der Waals surface area contributed by atoms with Crippen LogP contribution in [0.1, 0.15) is 96.3 Å². The number of nitrogen functional groups attached to an aromatic ring is 1. The Morgan fingerprint density at radius 2 is 1.44 bits per heavy atom. The number of hydrogen-bond donors (Lipinski definition) is 3. The van der Waals surface area contributed by atoms with E-state index < -0.39 is 0 Å². The van der Waals surface area contributed by atoms with Crippen LogP contribution in [0, 0.1) is 18.7 Å². The molecule has 0 saturated heterocycles. The maximum absolute atomic E-state index is 15.3. The molecule has 0 unspecified atom stereocenters. The molecule has 3 aromatic rings. The molecule has 1 saturated carbocycles. The summed E-state index contributed by atoms with van der Waals surface area (Å²) >= 11 is 0. The zero-order valence-electron chi connectivity index (χ0n) is 25.4. The summed E-state index contributed by atoms with van der Waals surface area (Å²) in [6, 6.07) is 19.9. The first-order valence-electron chi connectivity index (χ1n) is 14.6. The number of hydrazine groups is 1. The van der Waals surface area contributed by atoms with Crippen LogP contribution < -0.4 is 17.0 Å². The van der Waals surface area contributed by atoms with Gasteiger partial charge in [-0.25, -0.2) is 4.39 Å². The third kappa shape index (κ3) is 9.59. The number of hydrogen-bond acceptors (Lipinski definition) is 4. The molecular weight excluding hydrogens is 483 g/mol. The molecule has 4 nitrogen and oxygen atoms in total. The minimum Gasteiger partial charge on any atom is -0.333 e. The van der Waals surface area contributed by atoms with Crippen LogP contribution in [0.15, 0.2) is 65.7 Å². The van der Waals surface area contributed by atoms with Crippen molar-refractivity contribution in [3.63, 3.8) is 0 Å². The summed E-state index contributed by atoms with van der Waals surface area (Å²) in [5.74, 6) is 6.01. The standard InChI is InChI=1S/C29H34FN3.2C2H6.CH5N/c1-19(2)29(32-28-16-14-25(33-31)17-20(28)3)26-15-13-24(18-27(26)30)23-11-9-22(10-12-23)21-7-5-4-6-8-21;3*1-2/h9-19,21,33H,4-8,31H2,1-3H3;2*1-2H3;2H2,1H3. The second kappa shape index (κ2) is 18.3. The second-order valence-corrected chi connectivity index (χ2v) is 9.45. The molecule has 5 heteroatoms. The Hall–Kier alpha value is -3.02. The van der Waals surface area contributed by atoms with Gasteiger partial charge in [0.05, 0.1) is 11.4 Å². The molecule has 1 aliphatic carbocycles. The molecule has 1 fully saturated rings. The Morgan fingerprint density at radius 1 is 0.846 bits per heavy atom. The lowest BCUT2D eigenvalue weighted by atomic mass is 9.83. The highest BCUT2D eigenvalue weighted by molar-refractivity contribution is 6.04. The molecule has 0 heterocycles. The number of aryl methyl sites for hydroxylation is 1. The van der Waals surface area contributed by atoms with E-state index in [4.69, 9.17) is 10.8 Å². The van der Waals surface area contributed by atoms with E-state index in [2.05, 4.69) is 35.4 Å². The van der Waals surface area contributed by atoms with E-state index in [1.807, 2.05) is 78.8 Å². The van der Waals surface area contributed by atoms with Crippen LogP contribution in [0.3, 0.4) is 0 Å². The van der Waals surface area contributed by atoms with Gasteiger partial charge in [-0.15, -0.1) is 0 Å². The van der Waals surface area contributed by atoms with E-state index in [1.165, 1.54) is 44.7 Å². The quantitative estimate of drug-likeness (QED) is 0.167. The summed E-state index contributed by atoms with van der Waals surface area (Å²) in [6.45, 7) is 14.1. The van der Waals surface area contributed by atoms with E-state index in [0.717, 1.165) is 33.8 Å². The van der Waals surface area contributed by atoms with Gasteiger partial charge in [0.15, 0.2) is 0 Å². The van der Waals surface area contributed by atoms with Gasteiger partial charge < -0.3 is 11.2 Å². The fourth-order valence-electron chi connectivity index (χ4n) is 4.79. The lowest BCUT2D eigenvalue weighted by Gasteiger charge is -2.22. The molecule has 39 heavy (non-hydrogen) atoms. The third-order valence-corrected chi connectivity index (χ3v) is 6.72. The van der Waals surface area contributed by atoms with E-state index in [0.29, 0.717) is 11.5 Å². The average molecular weight is 535 g/mol. The van der Waals surface area contributed by atoms with Gasteiger partial charge >= 0.3 is 0 Å². The Balaban J connectivity index is 0.00000119. The van der Waals surface area contributed by atoms with Crippen LogP contribution in [0.2, 0.25) is 0 Å². The van der Waals surface area contributed by atoms with Crippen LogP contribution in [0.4, 0.5) is 15.8 Å². The molecular formula is C34H51FN4. The normalized spacial score (nSPS) is 13.3. The summed E-state index contributed by atoms with van der Waals surface area (Å²) in [6.07, 6.45) is 6.58. The first-order valence-corrected chi connectivity index (χ1v) is 14.6. The minimum absolute atomic E-state index is 0.0758. The number of nitrogens with two attached hydrogens (primary N) is 2. The average Bonchev–Trinajstić information content (AvgIpc) is 3.00. The van der Waals surface area contributed by atoms with Crippen molar-refractivity contribution < 1.29 is 4.39 Å². The third-order valence-electron chi connectivity index (χ3n) is 6.72. The molecule has 0 amide bonds. The molecule has 1 aliphatic rings. The van der Waals surface area contributed by atoms with E-state index >= 15 is 4.39 Å². The Bertz CT molecular complexity index is 1130. The molecule has 0 spiro atoms. The highest BCUT2D eigenvalue weighted by Crippen LogP contribution is 2.34. The van der Waals surface area contributed by atoms with Crippen LogP contribution in [-0.2, 0) is 0 Å². The topological polar surface area (TPSA) is 76.4 Å². The zero-order valence-corrected chi connectivity index (χ0v) is 25.4. The summed E-state index contributed by atoms with van der Waals surface area (Å²) in [5, 5.41) is 0. The van der Waals surface area contributed by atoms with Gasteiger partial charge in [0, 0.05) is 11.3 Å². The molecule has 5 N–H and O–H groups in total.